The van der Waals surface area contributed by atoms with Crippen LogP contribution >= 0.6 is 0 Å². The van der Waals surface area contributed by atoms with Crippen molar-refractivity contribution in [3.8, 4) is 5.75 Å². The van der Waals surface area contributed by atoms with Crippen molar-refractivity contribution in [1.82, 2.24) is 5.32 Å². The van der Waals surface area contributed by atoms with Crippen LogP contribution in [0.25, 0.3) is 0 Å². The molecule has 1 rings (SSSR count). The molecule has 4 nitrogen and oxygen atoms in total. The Balaban J connectivity index is 2.26. The summed E-state index contributed by atoms with van der Waals surface area (Å²) in [6, 6.07) is 5.66. The Bertz CT molecular complexity index is 345. The molecule has 0 saturated carbocycles. The van der Waals surface area contributed by atoms with Crippen LogP contribution in [0.4, 0.5) is 4.39 Å². The van der Waals surface area contributed by atoms with Crippen LogP contribution in [-0.2, 0) is 4.79 Å². The second kappa shape index (κ2) is 6.79. The Morgan fingerprint density at radius 1 is 1.50 bits per heavy atom. The van der Waals surface area contributed by atoms with Crippen LogP contribution < -0.4 is 15.8 Å². The van der Waals surface area contributed by atoms with Crippen molar-refractivity contribution in [2.45, 2.75) is 6.42 Å². The predicted molar refractivity (Wildman–Crippen MR) is 58.6 cm³/mol. The van der Waals surface area contributed by atoms with Crippen molar-refractivity contribution >= 4 is 5.91 Å². The van der Waals surface area contributed by atoms with E-state index in [1.54, 1.807) is 6.07 Å². The van der Waals surface area contributed by atoms with Gasteiger partial charge in [-0.3, -0.25) is 4.79 Å². The summed E-state index contributed by atoms with van der Waals surface area (Å²) < 4.78 is 17.8. The molecule has 1 aromatic rings. The lowest BCUT2D eigenvalue weighted by atomic mass is 10.3. The topological polar surface area (TPSA) is 64.3 Å². The van der Waals surface area contributed by atoms with Crippen LogP contribution in [0.5, 0.6) is 5.75 Å². The molecule has 0 aromatic heterocycles. The van der Waals surface area contributed by atoms with Gasteiger partial charge in [0.05, 0.1) is 0 Å². The first kappa shape index (κ1) is 12.4. The van der Waals surface area contributed by atoms with E-state index in [0.717, 1.165) is 6.42 Å². The van der Waals surface area contributed by atoms with Crippen LogP contribution in [0, 0.1) is 5.82 Å². The first-order chi connectivity index (χ1) is 7.72. The molecule has 5 heteroatoms. The lowest BCUT2D eigenvalue weighted by molar-refractivity contribution is -0.123. The van der Waals surface area contributed by atoms with Gasteiger partial charge in [-0.1, -0.05) is 6.07 Å². The lowest BCUT2D eigenvalue weighted by Crippen LogP contribution is -2.30. The number of carbonyl (C=O) groups is 1. The Morgan fingerprint density at radius 2 is 2.31 bits per heavy atom. The van der Waals surface area contributed by atoms with Crippen LogP contribution in [0.2, 0.25) is 0 Å². The molecule has 1 aromatic carbocycles. The van der Waals surface area contributed by atoms with Crippen molar-refractivity contribution < 1.29 is 13.9 Å². The first-order valence-electron chi connectivity index (χ1n) is 5.07. The number of amides is 1. The maximum absolute atomic E-state index is 12.7. The zero-order valence-electron chi connectivity index (χ0n) is 8.91. The van der Waals surface area contributed by atoms with Gasteiger partial charge in [-0.05, 0) is 25.1 Å². The quantitative estimate of drug-likeness (QED) is 0.701. The third-order valence-corrected chi connectivity index (χ3v) is 1.87. The molecule has 0 radical (unpaired) electrons. The second-order valence-corrected chi connectivity index (χ2v) is 3.24. The maximum atomic E-state index is 12.7. The molecule has 1 amide bonds. The Kier molecular flexibility index (Phi) is 5.28. The second-order valence-electron chi connectivity index (χ2n) is 3.24. The molecule has 0 aliphatic carbocycles. The van der Waals surface area contributed by atoms with Crippen molar-refractivity contribution in [3.63, 3.8) is 0 Å². The van der Waals surface area contributed by atoms with E-state index in [-0.39, 0.29) is 18.3 Å². The van der Waals surface area contributed by atoms with Gasteiger partial charge in [0.15, 0.2) is 6.61 Å². The largest absolute Gasteiger partial charge is 0.484 e. The summed E-state index contributed by atoms with van der Waals surface area (Å²) in [5, 5.41) is 2.63. The van der Waals surface area contributed by atoms with Gasteiger partial charge >= 0.3 is 0 Å². The third kappa shape index (κ3) is 4.75. The van der Waals surface area contributed by atoms with E-state index in [0.29, 0.717) is 18.8 Å². The molecule has 0 aliphatic rings. The minimum Gasteiger partial charge on any atom is -0.484 e. The summed E-state index contributed by atoms with van der Waals surface area (Å²) in [6.45, 7) is 0.945. The number of halogens is 1. The highest BCUT2D eigenvalue weighted by Gasteiger charge is 2.02. The first-order valence-corrected chi connectivity index (χ1v) is 5.07. The zero-order chi connectivity index (χ0) is 11.8. The smallest absolute Gasteiger partial charge is 0.257 e. The van der Waals surface area contributed by atoms with Crippen LogP contribution in [0.3, 0.4) is 0 Å². The highest BCUT2D eigenvalue weighted by atomic mass is 19.1. The van der Waals surface area contributed by atoms with E-state index in [4.69, 9.17) is 10.5 Å². The van der Waals surface area contributed by atoms with Gasteiger partial charge in [0.2, 0.25) is 0 Å². The third-order valence-electron chi connectivity index (χ3n) is 1.87. The standard InChI is InChI=1S/C11H15FN2O2/c12-9-3-1-4-10(7-9)16-8-11(15)14-6-2-5-13/h1,3-4,7H,2,5-6,8,13H2,(H,14,15). The minimum atomic E-state index is -0.388. The number of nitrogens with one attached hydrogen (secondary N) is 1. The average Bonchev–Trinajstić information content (AvgIpc) is 2.27. The van der Waals surface area contributed by atoms with Crippen LogP contribution in [0.1, 0.15) is 6.42 Å². The average molecular weight is 226 g/mol. The number of ether oxygens (including phenoxy) is 1. The van der Waals surface area contributed by atoms with Gasteiger partial charge in [-0.15, -0.1) is 0 Å². The molecule has 3 N–H and O–H groups in total. The molecule has 0 spiro atoms. The van der Waals surface area contributed by atoms with Crippen molar-refractivity contribution in [1.29, 1.82) is 0 Å². The molecule has 0 saturated heterocycles. The normalized spacial score (nSPS) is 9.88. The van der Waals surface area contributed by atoms with Crippen LogP contribution in [-0.4, -0.2) is 25.6 Å². The zero-order valence-corrected chi connectivity index (χ0v) is 8.91. The number of nitrogens with two attached hydrogens (primary N) is 1. The molecule has 0 aliphatic heterocycles. The van der Waals surface area contributed by atoms with E-state index >= 15 is 0 Å². The van der Waals surface area contributed by atoms with E-state index in [9.17, 15) is 9.18 Å². The van der Waals surface area contributed by atoms with E-state index in [1.165, 1.54) is 18.2 Å². The molecular weight excluding hydrogens is 211 g/mol. The summed E-state index contributed by atoms with van der Waals surface area (Å²) in [4.78, 5) is 11.2. The Labute approximate surface area is 93.6 Å². The molecule has 0 atom stereocenters. The lowest BCUT2D eigenvalue weighted by Gasteiger charge is -2.06. The highest BCUT2D eigenvalue weighted by Crippen LogP contribution is 2.11. The summed E-state index contributed by atoms with van der Waals surface area (Å²) in [5.74, 6) is -0.285. The summed E-state index contributed by atoms with van der Waals surface area (Å²) >= 11 is 0. The van der Waals surface area contributed by atoms with E-state index in [1.807, 2.05) is 0 Å². The molecule has 0 fully saturated rings. The van der Waals surface area contributed by atoms with E-state index in [2.05, 4.69) is 5.32 Å². The molecule has 0 heterocycles. The minimum absolute atomic E-state index is 0.117. The molecule has 16 heavy (non-hydrogen) atoms. The monoisotopic (exact) mass is 226 g/mol. The fourth-order valence-corrected chi connectivity index (χ4v) is 1.09. The van der Waals surface area contributed by atoms with Crippen molar-refractivity contribution in [3.05, 3.63) is 30.1 Å². The van der Waals surface area contributed by atoms with Gasteiger partial charge in [0.1, 0.15) is 11.6 Å². The van der Waals surface area contributed by atoms with Gasteiger partial charge in [-0.2, -0.15) is 0 Å². The van der Waals surface area contributed by atoms with E-state index < -0.39 is 0 Å². The van der Waals surface area contributed by atoms with Crippen molar-refractivity contribution in [2.75, 3.05) is 19.7 Å². The molecular formula is C11H15FN2O2. The predicted octanol–water partition coefficient (Wildman–Crippen LogP) is 0.669. The Hall–Kier alpha value is -1.62. The van der Waals surface area contributed by atoms with Gasteiger partial charge in [0.25, 0.3) is 5.91 Å². The fourth-order valence-electron chi connectivity index (χ4n) is 1.09. The Morgan fingerprint density at radius 3 is 3.00 bits per heavy atom. The number of carbonyl (C=O) groups excluding carboxylic acids is 1. The summed E-state index contributed by atoms with van der Waals surface area (Å²) in [6.07, 6.45) is 0.728. The summed E-state index contributed by atoms with van der Waals surface area (Å²) in [7, 11) is 0. The van der Waals surface area contributed by atoms with Gasteiger partial charge < -0.3 is 15.8 Å². The van der Waals surface area contributed by atoms with Crippen LogP contribution in [0.15, 0.2) is 24.3 Å². The maximum Gasteiger partial charge on any atom is 0.257 e. The summed E-state index contributed by atoms with van der Waals surface area (Å²) in [5.41, 5.74) is 5.27. The number of rotatable bonds is 6. The van der Waals surface area contributed by atoms with Gasteiger partial charge in [-0.25, -0.2) is 4.39 Å². The van der Waals surface area contributed by atoms with Gasteiger partial charge in [0, 0.05) is 12.6 Å². The number of hydrogen-bond donors (Lipinski definition) is 2. The number of benzene rings is 1. The fraction of sp³-hybridized carbons (Fsp3) is 0.364. The number of hydrogen-bond acceptors (Lipinski definition) is 3. The highest BCUT2D eigenvalue weighted by molar-refractivity contribution is 5.77. The molecule has 88 valence electrons. The molecule has 0 bridgehead atoms. The SMILES string of the molecule is NCCCNC(=O)COc1cccc(F)c1. The van der Waals surface area contributed by atoms with Crippen molar-refractivity contribution in [2.24, 2.45) is 5.73 Å². The molecule has 0 unspecified atom stereocenters.